The highest BCUT2D eigenvalue weighted by Crippen LogP contribution is 2.25. The molecule has 156 valence electrons. The molecule has 1 heterocycles. The second kappa shape index (κ2) is 10.5. The maximum atomic E-state index is 12.0. The van der Waals surface area contributed by atoms with Crippen LogP contribution in [0.5, 0.6) is 11.5 Å². The van der Waals surface area contributed by atoms with Gasteiger partial charge >= 0.3 is 0 Å². The van der Waals surface area contributed by atoms with Crippen LogP contribution in [0.15, 0.2) is 53.9 Å². The molecule has 0 aliphatic heterocycles. The van der Waals surface area contributed by atoms with Gasteiger partial charge in [0.2, 0.25) is 5.91 Å². The van der Waals surface area contributed by atoms with Crippen molar-refractivity contribution in [1.29, 1.82) is 0 Å². The molecule has 0 spiro atoms. The fourth-order valence-electron chi connectivity index (χ4n) is 2.75. The van der Waals surface area contributed by atoms with Gasteiger partial charge in [-0.15, -0.1) is 11.3 Å². The number of carbonyl (C=O) groups excluding carboxylic acids is 2. The van der Waals surface area contributed by atoms with E-state index in [1.807, 2.05) is 42.6 Å². The molecule has 0 fully saturated rings. The zero-order valence-corrected chi connectivity index (χ0v) is 17.8. The van der Waals surface area contributed by atoms with Crippen LogP contribution in [0.25, 0.3) is 0 Å². The lowest BCUT2D eigenvalue weighted by atomic mass is 10.1. The Balaban J connectivity index is 1.60. The third-order valence-corrected chi connectivity index (χ3v) is 5.07. The second-order valence-corrected chi connectivity index (χ2v) is 7.63. The highest BCUT2D eigenvalue weighted by molar-refractivity contribution is 7.09. The van der Waals surface area contributed by atoms with Crippen molar-refractivity contribution < 1.29 is 19.1 Å². The van der Waals surface area contributed by atoms with E-state index in [0.29, 0.717) is 30.0 Å². The number of thiazole rings is 1. The minimum atomic E-state index is -0.133. The molecule has 30 heavy (non-hydrogen) atoms. The number of benzene rings is 2. The summed E-state index contributed by atoms with van der Waals surface area (Å²) in [6, 6.07) is 14.6. The van der Waals surface area contributed by atoms with Crippen LogP contribution in [0.3, 0.4) is 0 Å². The summed E-state index contributed by atoms with van der Waals surface area (Å²) in [5.41, 5.74) is 1.77. The fourth-order valence-corrected chi connectivity index (χ4v) is 3.44. The summed E-state index contributed by atoms with van der Waals surface area (Å²) in [5, 5.41) is 5.56. The monoisotopic (exact) mass is 424 g/mol. The van der Waals surface area contributed by atoms with Gasteiger partial charge in [0.1, 0.15) is 29.7 Å². The van der Waals surface area contributed by atoms with Gasteiger partial charge in [-0.1, -0.05) is 25.1 Å². The Kier molecular flexibility index (Phi) is 7.57. The van der Waals surface area contributed by atoms with Crippen molar-refractivity contribution in [2.24, 2.45) is 0 Å². The lowest BCUT2D eigenvalue weighted by Gasteiger charge is -2.11. The molecule has 0 aliphatic carbocycles. The maximum Gasteiger partial charge on any atom is 0.224 e. The number of nitrogens with zero attached hydrogens (tertiary/aromatic N) is 1. The topological polar surface area (TPSA) is 77.5 Å². The van der Waals surface area contributed by atoms with E-state index in [4.69, 9.17) is 9.47 Å². The van der Waals surface area contributed by atoms with Crippen molar-refractivity contribution in [3.8, 4) is 11.5 Å². The summed E-state index contributed by atoms with van der Waals surface area (Å²) in [6.07, 6.45) is 1.20. The van der Waals surface area contributed by atoms with Crippen LogP contribution in [0.2, 0.25) is 0 Å². The molecule has 7 heteroatoms. The van der Waals surface area contributed by atoms with Crippen LogP contribution in [-0.2, 0) is 18.0 Å². The summed E-state index contributed by atoms with van der Waals surface area (Å²) in [5.74, 6) is 1.05. The van der Waals surface area contributed by atoms with Crippen molar-refractivity contribution in [2.45, 2.75) is 39.9 Å². The van der Waals surface area contributed by atoms with Gasteiger partial charge in [-0.25, -0.2) is 4.98 Å². The first-order chi connectivity index (χ1) is 14.5. The minimum absolute atomic E-state index is 0.0756. The molecule has 0 radical (unpaired) electrons. The number of hydrogen-bond donors (Lipinski definition) is 1. The Morgan fingerprint density at radius 1 is 1.07 bits per heavy atom. The van der Waals surface area contributed by atoms with Gasteiger partial charge in [0, 0.05) is 17.5 Å². The Hall–Kier alpha value is -3.19. The van der Waals surface area contributed by atoms with Gasteiger partial charge in [-0.3, -0.25) is 9.59 Å². The largest absolute Gasteiger partial charge is 0.487 e. The van der Waals surface area contributed by atoms with Crippen LogP contribution in [0.1, 0.15) is 47.7 Å². The number of anilines is 1. The first-order valence-corrected chi connectivity index (χ1v) is 10.6. The van der Waals surface area contributed by atoms with E-state index in [9.17, 15) is 9.59 Å². The number of para-hydroxylation sites is 1. The normalized spacial score (nSPS) is 10.5. The SMILES string of the molecule is CCCC(=O)Nc1ccc(OCc2csc(COc3ccccc3)n2)c(C(C)=O)c1. The molecular weight excluding hydrogens is 400 g/mol. The first kappa shape index (κ1) is 21.5. The molecule has 0 saturated heterocycles. The molecule has 1 amide bonds. The van der Waals surface area contributed by atoms with Crippen LogP contribution >= 0.6 is 11.3 Å². The molecule has 1 N–H and O–H groups in total. The maximum absolute atomic E-state index is 12.0. The predicted molar refractivity (Wildman–Crippen MR) is 117 cm³/mol. The quantitative estimate of drug-likeness (QED) is 0.450. The Labute approximate surface area is 179 Å². The van der Waals surface area contributed by atoms with Gasteiger partial charge in [0.25, 0.3) is 0 Å². The lowest BCUT2D eigenvalue weighted by molar-refractivity contribution is -0.116. The third-order valence-electron chi connectivity index (χ3n) is 4.20. The summed E-state index contributed by atoms with van der Waals surface area (Å²) in [7, 11) is 0. The van der Waals surface area contributed by atoms with E-state index in [1.54, 1.807) is 18.2 Å². The van der Waals surface area contributed by atoms with Gasteiger partial charge in [-0.2, -0.15) is 0 Å². The van der Waals surface area contributed by atoms with E-state index in [0.717, 1.165) is 22.9 Å². The summed E-state index contributed by atoms with van der Waals surface area (Å²) in [6.45, 7) is 4.04. The number of nitrogens with one attached hydrogen (secondary N) is 1. The average molecular weight is 425 g/mol. The van der Waals surface area contributed by atoms with E-state index >= 15 is 0 Å². The highest BCUT2D eigenvalue weighted by Gasteiger charge is 2.12. The van der Waals surface area contributed by atoms with Crippen molar-refractivity contribution in [2.75, 3.05) is 5.32 Å². The molecular formula is C23H24N2O4S. The first-order valence-electron chi connectivity index (χ1n) is 9.74. The highest BCUT2D eigenvalue weighted by atomic mass is 32.1. The minimum Gasteiger partial charge on any atom is -0.487 e. The van der Waals surface area contributed by atoms with E-state index < -0.39 is 0 Å². The van der Waals surface area contributed by atoms with E-state index in [1.165, 1.54) is 18.3 Å². The van der Waals surface area contributed by atoms with Gasteiger partial charge in [-0.05, 0) is 43.7 Å². The molecule has 2 aromatic carbocycles. The molecule has 6 nitrogen and oxygen atoms in total. The number of hydrogen-bond acceptors (Lipinski definition) is 6. The molecule has 0 aliphatic rings. The molecule has 0 bridgehead atoms. The number of ketones is 1. The standard InChI is InChI=1S/C23H24N2O4S/c1-3-7-22(27)24-17-10-11-21(20(12-17)16(2)26)29-13-18-15-30-23(25-18)14-28-19-8-5-4-6-9-19/h4-6,8-12,15H,3,7,13-14H2,1-2H3,(H,24,27). The van der Waals surface area contributed by atoms with Crippen LogP contribution < -0.4 is 14.8 Å². The number of rotatable bonds is 10. The van der Waals surface area contributed by atoms with Crippen LogP contribution in [0.4, 0.5) is 5.69 Å². The summed E-state index contributed by atoms with van der Waals surface area (Å²) >= 11 is 1.50. The second-order valence-electron chi connectivity index (χ2n) is 6.69. The van der Waals surface area contributed by atoms with E-state index in [-0.39, 0.29) is 18.3 Å². The fraction of sp³-hybridized carbons (Fsp3) is 0.261. The van der Waals surface area contributed by atoms with E-state index in [2.05, 4.69) is 10.3 Å². The van der Waals surface area contributed by atoms with Crippen LogP contribution in [-0.4, -0.2) is 16.7 Å². The molecule has 0 saturated carbocycles. The summed E-state index contributed by atoms with van der Waals surface area (Å²) < 4.78 is 11.5. The molecule has 1 aromatic heterocycles. The molecule has 3 rings (SSSR count). The van der Waals surface area contributed by atoms with Gasteiger partial charge in [0.15, 0.2) is 5.78 Å². The summed E-state index contributed by atoms with van der Waals surface area (Å²) in [4.78, 5) is 28.4. The molecule has 0 atom stereocenters. The zero-order chi connectivity index (χ0) is 21.3. The van der Waals surface area contributed by atoms with Gasteiger partial charge in [0.05, 0.1) is 11.3 Å². The molecule has 3 aromatic rings. The van der Waals surface area contributed by atoms with Crippen LogP contribution in [0, 0.1) is 0 Å². The van der Waals surface area contributed by atoms with Crippen molar-refractivity contribution >= 4 is 28.7 Å². The number of Topliss-reactive ketones (excluding diaryl/α,β-unsaturated/α-hetero) is 1. The van der Waals surface area contributed by atoms with Crippen molar-refractivity contribution in [1.82, 2.24) is 4.98 Å². The number of amides is 1. The third kappa shape index (κ3) is 6.15. The number of aromatic nitrogens is 1. The number of ether oxygens (including phenoxy) is 2. The van der Waals surface area contributed by atoms with Crippen molar-refractivity contribution in [3.05, 3.63) is 70.2 Å². The Morgan fingerprint density at radius 3 is 2.60 bits per heavy atom. The lowest BCUT2D eigenvalue weighted by Crippen LogP contribution is -2.11. The van der Waals surface area contributed by atoms with Gasteiger partial charge < -0.3 is 14.8 Å². The predicted octanol–water partition coefficient (Wildman–Crippen LogP) is 5.24. The van der Waals surface area contributed by atoms with Crippen molar-refractivity contribution in [3.63, 3.8) is 0 Å². The number of carbonyl (C=O) groups is 2. The Morgan fingerprint density at radius 2 is 1.87 bits per heavy atom. The zero-order valence-electron chi connectivity index (χ0n) is 17.0. The average Bonchev–Trinajstić information content (AvgIpc) is 3.20. The Bertz CT molecular complexity index is 1000. The smallest absolute Gasteiger partial charge is 0.224 e. The molecule has 0 unspecified atom stereocenters.